The molecule has 4 atom stereocenters. The summed E-state index contributed by atoms with van der Waals surface area (Å²) in [5.41, 5.74) is 19.3. The molecule has 46 heavy (non-hydrogen) atoms. The summed E-state index contributed by atoms with van der Waals surface area (Å²) in [5.74, 6) is -3.27. The number of hydrogen-bond acceptors (Lipinski definition) is 7. The van der Waals surface area contributed by atoms with Crippen LogP contribution in [0.5, 0.6) is 5.75 Å². The van der Waals surface area contributed by atoms with Crippen LogP contribution in [0.15, 0.2) is 59.7 Å². The quantitative estimate of drug-likeness (QED) is 0.0571. The molecular weight excluding hydrogens is 592 g/mol. The zero-order valence-electron chi connectivity index (χ0n) is 26.0. The first-order valence-electron chi connectivity index (χ1n) is 15.1. The Kier molecular flexibility index (Phi) is 12.9. The zero-order chi connectivity index (χ0) is 33.8. The molecule has 0 radical (unpaired) electrons. The lowest BCUT2D eigenvalue weighted by atomic mass is 9.99. The lowest BCUT2D eigenvalue weighted by Gasteiger charge is -2.26. The van der Waals surface area contributed by atoms with E-state index >= 15 is 0 Å². The van der Waals surface area contributed by atoms with Crippen LogP contribution in [0.4, 0.5) is 0 Å². The first-order valence-corrected chi connectivity index (χ1v) is 15.1. The van der Waals surface area contributed by atoms with Crippen molar-refractivity contribution in [2.24, 2.45) is 28.1 Å². The van der Waals surface area contributed by atoms with Crippen LogP contribution in [0.25, 0.3) is 10.9 Å². The molecule has 0 aliphatic carbocycles. The highest BCUT2D eigenvalue weighted by atomic mass is 16.4. The van der Waals surface area contributed by atoms with Crippen molar-refractivity contribution in [2.45, 2.75) is 70.1 Å². The van der Waals surface area contributed by atoms with Gasteiger partial charge in [-0.2, -0.15) is 0 Å². The van der Waals surface area contributed by atoms with Gasteiger partial charge in [0.05, 0.1) is 6.04 Å². The number of carboxylic acid groups (broad SMARTS) is 1. The average Bonchev–Trinajstić information content (AvgIpc) is 3.40. The molecule has 248 valence electrons. The average molecular weight is 637 g/mol. The first kappa shape index (κ1) is 35.4. The van der Waals surface area contributed by atoms with Crippen molar-refractivity contribution in [3.05, 3.63) is 65.9 Å². The SMILES string of the molecule is CC(C)CC(NC(=O)C(N)Cc1c[nH]c2ccccc12)C(=O)NC(Cc1ccc(O)cc1)C(=O)NC(CCCN=C(N)N)C(=O)O. The van der Waals surface area contributed by atoms with Crippen LogP contribution < -0.4 is 33.2 Å². The third-order valence-corrected chi connectivity index (χ3v) is 7.36. The molecule has 0 aliphatic rings. The topological polar surface area (TPSA) is 251 Å². The molecule has 4 unspecified atom stereocenters. The molecule has 3 rings (SSSR count). The Morgan fingerprint density at radius 3 is 2.15 bits per heavy atom. The largest absolute Gasteiger partial charge is 0.508 e. The van der Waals surface area contributed by atoms with Gasteiger partial charge >= 0.3 is 5.97 Å². The third kappa shape index (κ3) is 10.8. The fraction of sp³-hybridized carbons (Fsp3) is 0.406. The molecule has 0 aliphatic heterocycles. The number of rotatable bonds is 17. The molecule has 1 heterocycles. The van der Waals surface area contributed by atoms with Gasteiger partial charge in [-0.1, -0.05) is 44.2 Å². The van der Waals surface area contributed by atoms with Gasteiger partial charge in [-0.05, 0) is 60.9 Å². The molecule has 2 aromatic carbocycles. The minimum absolute atomic E-state index is 0.00752. The molecule has 1 aromatic heterocycles. The van der Waals surface area contributed by atoms with Crippen molar-refractivity contribution >= 4 is 40.6 Å². The number of nitrogens with zero attached hydrogens (tertiary/aromatic N) is 1. The molecule has 3 aromatic rings. The minimum atomic E-state index is -1.27. The lowest BCUT2D eigenvalue weighted by molar-refractivity contribution is -0.142. The summed E-state index contributed by atoms with van der Waals surface area (Å²) in [7, 11) is 0. The maximum atomic E-state index is 13.6. The van der Waals surface area contributed by atoms with Crippen molar-refractivity contribution in [3.8, 4) is 5.75 Å². The Morgan fingerprint density at radius 2 is 1.50 bits per heavy atom. The number of aromatic hydroxyl groups is 1. The first-order chi connectivity index (χ1) is 21.8. The molecular formula is C32H44N8O6. The molecule has 0 bridgehead atoms. The highest BCUT2D eigenvalue weighted by molar-refractivity contribution is 5.94. The zero-order valence-corrected chi connectivity index (χ0v) is 26.0. The van der Waals surface area contributed by atoms with Gasteiger partial charge in [0.1, 0.15) is 23.9 Å². The van der Waals surface area contributed by atoms with Crippen LogP contribution in [0.3, 0.4) is 0 Å². The standard InChI is InChI=1S/C32H44N8O6/c1-18(2)14-26(39-28(42)23(33)16-20-17-37-24-7-4-3-6-22(20)24)29(43)40-27(15-19-9-11-21(41)12-10-19)30(44)38-25(31(45)46)8-5-13-36-32(34)35/h3-4,6-7,9-12,17-18,23,25-27,37,41H,5,8,13-16,33H2,1-2H3,(H,38,44)(H,39,42)(H,40,43)(H,45,46)(H4,34,35,36). The number of phenolic OH excluding ortho intramolecular Hbond substituents is 1. The number of benzene rings is 2. The molecule has 0 saturated heterocycles. The summed E-state index contributed by atoms with van der Waals surface area (Å²) in [5, 5.41) is 28.3. The van der Waals surface area contributed by atoms with E-state index in [1.807, 2.05) is 38.1 Å². The second kappa shape index (κ2) is 16.8. The van der Waals surface area contributed by atoms with Crippen molar-refractivity contribution in [1.82, 2.24) is 20.9 Å². The van der Waals surface area contributed by atoms with Crippen molar-refractivity contribution in [2.75, 3.05) is 6.54 Å². The maximum Gasteiger partial charge on any atom is 0.326 e. The summed E-state index contributed by atoms with van der Waals surface area (Å²) in [6.07, 6.45) is 2.60. The van der Waals surface area contributed by atoms with Crippen molar-refractivity contribution in [3.63, 3.8) is 0 Å². The van der Waals surface area contributed by atoms with E-state index in [0.29, 0.717) is 5.56 Å². The van der Waals surface area contributed by atoms with Gasteiger partial charge in [-0.15, -0.1) is 0 Å². The monoisotopic (exact) mass is 636 g/mol. The van der Waals surface area contributed by atoms with Crippen LogP contribution in [0, 0.1) is 5.92 Å². The van der Waals surface area contributed by atoms with Crippen LogP contribution in [-0.4, -0.2) is 75.6 Å². The molecule has 14 nitrogen and oxygen atoms in total. The number of aliphatic carboxylic acids is 1. The summed E-state index contributed by atoms with van der Waals surface area (Å²) in [6, 6.07) is 9.24. The fourth-order valence-corrected chi connectivity index (χ4v) is 4.99. The van der Waals surface area contributed by atoms with Crippen molar-refractivity contribution in [1.29, 1.82) is 0 Å². The number of fused-ring (bicyclic) bond motifs is 1. The molecule has 0 fully saturated rings. The van der Waals surface area contributed by atoms with E-state index in [4.69, 9.17) is 17.2 Å². The Balaban J connectivity index is 1.75. The number of guanidine groups is 1. The van der Waals surface area contributed by atoms with Crippen LogP contribution >= 0.6 is 0 Å². The number of carbonyl (C=O) groups is 4. The van der Waals surface area contributed by atoms with E-state index in [2.05, 4.69) is 25.9 Å². The highest BCUT2D eigenvalue weighted by Gasteiger charge is 2.31. The number of H-pyrrole nitrogens is 1. The number of amides is 3. The smallest absolute Gasteiger partial charge is 0.326 e. The maximum absolute atomic E-state index is 13.6. The lowest BCUT2D eigenvalue weighted by Crippen LogP contribution is -2.58. The molecule has 3 amide bonds. The summed E-state index contributed by atoms with van der Waals surface area (Å²) in [4.78, 5) is 59.2. The number of phenols is 1. The molecule has 0 saturated carbocycles. The van der Waals surface area contributed by atoms with Crippen LogP contribution in [-0.2, 0) is 32.0 Å². The molecule has 14 heteroatoms. The van der Waals surface area contributed by atoms with Gasteiger partial charge in [0.25, 0.3) is 0 Å². The third-order valence-electron chi connectivity index (χ3n) is 7.36. The number of hydrogen-bond donors (Lipinski definition) is 9. The molecule has 12 N–H and O–H groups in total. The van der Waals surface area contributed by atoms with E-state index in [0.717, 1.165) is 16.5 Å². The van der Waals surface area contributed by atoms with Crippen molar-refractivity contribution < 1.29 is 29.4 Å². The highest BCUT2D eigenvalue weighted by Crippen LogP contribution is 2.19. The van der Waals surface area contributed by atoms with Gasteiger partial charge in [0.15, 0.2) is 5.96 Å². The van der Waals surface area contributed by atoms with Gasteiger partial charge in [-0.25, -0.2) is 4.79 Å². The Labute approximate surface area is 267 Å². The van der Waals surface area contributed by atoms with E-state index in [-0.39, 0.29) is 56.3 Å². The minimum Gasteiger partial charge on any atom is -0.508 e. The number of carbonyl (C=O) groups excluding carboxylic acids is 3. The summed E-state index contributed by atoms with van der Waals surface area (Å²) in [6.45, 7) is 3.95. The Morgan fingerprint density at radius 1 is 0.870 bits per heavy atom. The predicted molar refractivity (Wildman–Crippen MR) is 175 cm³/mol. The molecule has 0 spiro atoms. The number of nitrogens with two attached hydrogens (primary N) is 3. The Hall–Kier alpha value is -5.11. The van der Waals surface area contributed by atoms with E-state index in [1.165, 1.54) is 12.1 Å². The number of aliphatic imine (C=N–C) groups is 1. The number of aromatic amines is 1. The van der Waals surface area contributed by atoms with E-state index < -0.39 is 47.9 Å². The number of para-hydroxylation sites is 1. The van der Waals surface area contributed by atoms with Gasteiger partial charge in [-0.3, -0.25) is 19.4 Å². The number of carboxylic acids is 1. The van der Waals surface area contributed by atoms with E-state index in [9.17, 15) is 29.4 Å². The van der Waals surface area contributed by atoms with Gasteiger partial charge in [0.2, 0.25) is 17.7 Å². The Bertz CT molecular complexity index is 1520. The normalized spacial score (nSPS) is 13.7. The summed E-state index contributed by atoms with van der Waals surface area (Å²) < 4.78 is 0. The predicted octanol–water partition coefficient (Wildman–Crippen LogP) is 0.625. The van der Waals surface area contributed by atoms with Gasteiger partial charge < -0.3 is 48.3 Å². The summed E-state index contributed by atoms with van der Waals surface area (Å²) >= 11 is 0. The van der Waals surface area contributed by atoms with Gasteiger partial charge in [0, 0.05) is 30.1 Å². The number of aromatic nitrogens is 1. The van der Waals surface area contributed by atoms with E-state index in [1.54, 1.807) is 18.3 Å². The van der Waals surface area contributed by atoms with Crippen LogP contribution in [0.1, 0.15) is 44.2 Å². The second-order valence-corrected chi connectivity index (χ2v) is 11.6. The number of nitrogens with one attached hydrogen (secondary N) is 4. The fourth-order valence-electron chi connectivity index (χ4n) is 4.99. The van der Waals surface area contributed by atoms with Crippen LogP contribution in [0.2, 0.25) is 0 Å². The second-order valence-electron chi connectivity index (χ2n) is 11.6.